The lowest BCUT2D eigenvalue weighted by Gasteiger charge is -2.15. The van der Waals surface area contributed by atoms with Crippen LogP contribution in [0.2, 0.25) is 0 Å². The fraction of sp³-hybridized carbons (Fsp3) is 0.0741. The van der Waals surface area contributed by atoms with Crippen molar-refractivity contribution in [3.63, 3.8) is 0 Å². The Morgan fingerprint density at radius 1 is 0.947 bits per heavy atom. The van der Waals surface area contributed by atoms with E-state index in [0.29, 0.717) is 44.8 Å². The van der Waals surface area contributed by atoms with Gasteiger partial charge >= 0.3 is 12.0 Å². The summed E-state index contributed by atoms with van der Waals surface area (Å²) in [6.07, 6.45) is 5.89. The van der Waals surface area contributed by atoms with Gasteiger partial charge in [-0.15, -0.1) is 0 Å². The number of carbonyl (C=O) groups excluding carboxylic acids is 1. The van der Waals surface area contributed by atoms with Gasteiger partial charge in [-0.05, 0) is 35.4 Å². The Labute approximate surface area is 215 Å². The molecule has 1 amide bonds. The molecule has 0 radical (unpaired) electrons. The summed E-state index contributed by atoms with van der Waals surface area (Å²) in [7, 11) is 2.96. The van der Waals surface area contributed by atoms with E-state index in [1.807, 2.05) is 0 Å². The predicted molar refractivity (Wildman–Crippen MR) is 139 cm³/mol. The van der Waals surface area contributed by atoms with Crippen molar-refractivity contribution < 1.29 is 28.6 Å². The van der Waals surface area contributed by atoms with Gasteiger partial charge in [0.05, 0.1) is 54.6 Å². The van der Waals surface area contributed by atoms with Gasteiger partial charge in [-0.1, -0.05) is 18.2 Å². The number of nitrogens with one attached hydrogen (secondary N) is 1. The molecule has 190 valence electrons. The Bertz CT molecular complexity index is 1680. The largest absolute Gasteiger partial charge is 0.480 e. The standard InChI is InChI=1S/C27H21N5O6/c1-36-25-20(11-30-27(32-25)37-2)14-3-5-18-22(9-14)29-12-21(24(28)33)23(18)31-16-4-6-17(15-7-8-38-13-15)19(10-16)26(34)35/h3-13H,1-2H3,(H2,28,33)(H,29,31)(H,34,35). The lowest BCUT2D eigenvalue weighted by atomic mass is 10.0. The highest BCUT2D eigenvalue weighted by Crippen LogP contribution is 2.35. The van der Waals surface area contributed by atoms with Gasteiger partial charge in [0.2, 0.25) is 5.88 Å². The van der Waals surface area contributed by atoms with Crippen LogP contribution in [0.1, 0.15) is 20.7 Å². The number of carbonyl (C=O) groups is 2. The van der Waals surface area contributed by atoms with Crippen LogP contribution >= 0.6 is 0 Å². The lowest BCUT2D eigenvalue weighted by molar-refractivity contribution is 0.0697. The summed E-state index contributed by atoms with van der Waals surface area (Å²) in [5.74, 6) is -1.48. The van der Waals surface area contributed by atoms with Crippen LogP contribution in [0.3, 0.4) is 0 Å². The number of aromatic nitrogens is 3. The van der Waals surface area contributed by atoms with Crippen molar-refractivity contribution in [2.45, 2.75) is 0 Å². The van der Waals surface area contributed by atoms with Gasteiger partial charge in [0.1, 0.15) is 0 Å². The molecule has 0 atom stereocenters. The van der Waals surface area contributed by atoms with Crippen molar-refractivity contribution in [2.24, 2.45) is 5.73 Å². The number of anilines is 2. The summed E-state index contributed by atoms with van der Waals surface area (Å²) in [6.45, 7) is 0. The molecule has 0 saturated heterocycles. The van der Waals surface area contributed by atoms with Crippen molar-refractivity contribution >= 4 is 34.2 Å². The van der Waals surface area contributed by atoms with Gasteiger partial charge in [-0.25, -0.2) is 9.78 Å². The summed E-state index contributed by atoms with van der Waals surface area (Å²) in [5.41, 5.74) is 9.69. The number of aromatic carboxylic acids is 1. The molecule has 11 nitrogen and oxygen atoms in total. The van der Waals surface area contributed by atoms with Crippen molar-refractivity contribution in [1.82, 2.24) is 15.0 Å². The van der Waals surface area contributed by atoms with Crippen LogP contribution in [0.5, 0.6) is 11.9 Å². The predicted octanol–water partition coefficient (Wildman–Crippen LogP) is 4.51. The van der Waals surface area contributed by atoms with E-state index in [2.05, 4.69) is 20.3 Å². The highest BCUT2D eigenvalue weighted by molar-refractivity contribution is 6.08. The molecule has 0 fully saturated rings. The zero-order chi connectivity index (χ0) is 26.8. The minimum absolute atomic E-state index is 0.0595. The number of pyridine rings is 1. The minimum Gasteiger partial charge on any atom is -0.480 e. The Hall–Kier alpha value is -5.45. The summed E-state index contributed by atoms with van der Waals surface area (Å²) in [5, 5.41) is 13.6. The number of hydrogen-bond acceptors (Lipinski definition) is 9. The van der Waals surface area contributed by atoms with Crippen LogP contribution in [0.25, 0.3) is 33.2 Å². The average molecular weight is 511 g/mol. The molecule has 0 spiro atoms. The Morgan fingerprint density at radius 3 is 2.47 bits per heavy atom. The lowest BCUT2D eigenvalue weighted by Crippen LogP contribution is -2.14. The van der Waals surface area contributed by atoms with Crippen LogP contribution in [-0.2, 0) is 0 Å². The number of hydrogen-bond donors (Lipinski definition) is 3. The van der Waals surface area contributed by atoms with E-state index in [0.717, 1.165) is 5.56 Å². The Balaban J connectivity index is 1.60. The topological polar surface area (TPSA) is 163 Å². The smallest absolute Gasteiger partial charge is 0.336 e. The molecule has 0 aliphatic rings. The third kappa shape index (κ3) is 4.44. The SMILES string of the molecule is COc1ncc(-c2ccc3c(Nc4ccc(-c5ccoc5)c(C(=O)O)c4)c(C(N)=O)cnc3c2)c(OC)n1. The fourth-order valence-electron chi connectivity index (χ4n) is 4.10. The normalized spacial score (nSPS) is 10.8. The first-order valence-electron chi connectivity index (χ1n) is 11.2. The quantitative estimate of drug-likeness (QED) is 0.270. The molecule has 0 aliphatic heterocycles. The molecule has 3 aromatic heterocycles. The summed E-state index contributed by atoms with van der Waals surface area (Å²) in [4.78, 5) is 37.1. The molecule has 38 heavy (non-hydrogen) atoms. The summed E-state index contributed by atoms with van der Waals surface area (Å²) in [6, 6.07) is 12.1. The maximum absolute atomic E-state index is 12.3. The van der Waals surface area contributed by atoms with E-state index in [-0.39, 0.29) is 17.1 Å². The van der Waals surface area contributed by atoms with E-state index in [1.54, 1.807) is 42.6 Å². The first-order valence-corrected chi connectivity index (χ1v) is 11.2. The van der Waals surface area contributed by atoms with Crippen molar-refractivity contribution in [3.8, 4) is 34.1 Å². The Morgan fingerprint density at radius 2 is 1.79 bits per heavy atom. The van der Waals surface area contributed by atoms with Crippen LogP contribution in [0, 0.1) is 0 Å². The summed E-state index contributed by atoms with van der Waals surface area (Å²) >= 11 is 0. The number of methoxy groups -OCH3 is 2. The van der Waals surface area contributed by atoms with Crippen LogP contribution in [-0.4, -0.2) is 46.2 Å². The van der Waals surface area contributed by atoms with E-state index in [9.17, 15) is 14.7 Å². The van der Waals surface area contributed by atoms with Crippen molar-refractivity contribution in [3.05, 3.63) is 78.5 Å². The Kier molecular flexibility index (Phi) is 6.32. The first kappa shape index (κ1) is 24.3. The number of ether oxygens (including phenoxy) is 2. The molecule has 11 heteroatoms. The van der Waals surface area contributed by atoms with Gasteiger partial charge in [0, 0.05) is 29.0 Å². The third-order valence-electron chi connectivity index (χ3n) is 5.90. The number of fused-ring (bicyclic) bond motifs is 1. The van der Waals surface area contributed by atoms with E-state index in [4.69, 9.17) is 19.6 Å². The average Bonchev–Trinajstić information content (AvgIpc) is 3.47. The van der Waals surface area contributed by atoms with Gasteiger partial charge in [-0.3, -0.25) is 9.78 Å². The maximum Gasteiger partial charge on any atom is 0.336 e. The van der Waals surface area contributed by atoms with Gasteiger partial charge in [0.15, 0.2) is 0 Å². The number of primary amides is 1. The highest BCUT2D eigenvalue weighted by Gasteiger charge is 2.18. The van der Waals surface area contributed by atoms with E-state index in [1.165, 1.54) is 39.0 Å². The molecular weight excluding hydrogens is 490 g/mol. The second-order valence-corrected chi connectivity index (χ2v) is 8.13. The van der Waals surface area contributed by atoms with Crippen LogP contribution < -0.4 is 20.5 Å². The highest BCUT2D eigenvalue weighted by atomic mass is 16.5. The van der Waals surface area contributed by atoms with Gasteiger partial charge < -0.3 is 30.0 Å². The van der Waals surface area contributed by atoms with Crippen molar-refractivity contribution in [1.29, 1.82) is 0 Å². The molecule has 0 unspecified atom stereocenters. The molecule has 4 N–H and O–H groups in total. The zero-order valence-electron chi connectivity index (χ0n) is 20.3. The molecule has 3 heterocycles. The van der Waals surface area contributed by atoms with Gasteiger partial charge in [0.25, 0.3) is 5.91 Å². The second kappa shape index (κ2) is 9.90. The molecule has 5 rings (SSSR count). The number of nitrogens with zero attached hydrogens (tertiary/aromatic N) is 3. The fourth-order valence-corrected chi connectivity index (χ4v) is 4.10. The number of carboxylic acids is 1. The number of benzene rings is 2. The van der Waals surface area contributed by atoms with Gasteiger partial charge in [-0.2, -0.15) is 4.98 Å². The molecule has 0 bridgehead atoms. The second-order valence-electron chi connectivity index (χ2n) is 8.13. The molecule has 0 saturated carbocycles. The number of rotatable bonds is 8. The monoisotopic (exact) mass is 511 g/mol. The first-order chi connectivity index (χ1) is 18.4. The summed E-state index contributed by atoms with van der Waals surface area (Å²) < 4.78 is 15.6. The van der Waals surface area contributed by atoms with E-state index >= 15 is 0 Å². The van der Waals surface area contributed by atoms with Crippen LogP contribution in [0.15, 0.2) is 71.8 Å². The zero-order valence-corrected chi connectivity index (χ0v) is 20.3. The van der Waals surface area contributed by atoms with E-state index < -0.39 is 11.9 Å². The number of amides is 1. The minimum atomic E-state index is -1.11. The number of nitrogens with two attached hydrogens (primary N) is 1. The maximum atomic E-state index is 12.3. The molecule has 0 aliphatic carbocycles. The van der Waals surface area contributed by atoms with Crippen LogP contribution in [0.4, 0.5) is 11.4 Å². The molecule has 5 aromatic rings. The molecular formula is C27H21N5O6. The third-order valence-corrected chi connectivity index (χ3v) is 5.90. The molecule has 2 aromatic carbocycles. The number of carboxylic acid groups (broad SMARTS) is 1. The van der Waals surface area contributed by atoms with Crippen molar-refractivity contribution in [2.75, 3.05) is 19.5 Å². The number of furan rings is 1.